The highest BCUT2D eigenvalue weighted by atomic mass is 19.1. The van der Waals surface area contributed by atoms with Crippen molar-refractivity contribution < 1.29 is 13.9 Å². The Morgan fingerprint density at radius 2 is 1.58 bits per heavy atom. The van der Waals surface area contributed by atoms with E-state index in [0.29, 0.717) is 5.69 Å². The minimum absolute atomic E-state index is 0.124. The molecule has 0 heterocycles. The van der Waals surface area contributed by atoms with E-state index in [0.717, 1.165) is 17.7 Å². The SMILES string of the molecule is Cc1ccc(N(C)c2c(F)cc(CO)cc2F)cc1. The van der Waals surface area contributed by atoms with E-state index in [2.05, 4.69) is 0 Å². The van der Waals surface area contributed by atoms with Crippen LogP contribution in [0.5, 0.6) is 0 Å². The zero-order chi connectivity index (χ0) is 14.0. The molecule has 0 spiro atoms. The van der Waals surface area contributed by atoms with Gasteiger partial charge in [-0.05, 0) is 36.8 Å². The maximum absolute atomic E-state index is 13.9. The van der Waals surface area contributed by atoms with E-state index in [1.807, 2.05) is 19.1 Å². The summed E-state index contributed by atoms with van der Waals surface area (Å²) in [5.74, 6) is -1.38. The third kappa shape index (κ3) is 2.74. The number of aliphatic hydroxyl groups is 1. The molecule has 0 aliphatic rings. The van der Waals surface area contributed by atoms with Crippen LogP contribution in [0.3, 0.4) is 0 Å². The van der Waals surface area contributed by atoms with Crippen LogP contribution in [0.2, 0.25) is 0 Å². The standard InChI is InChI=1S/C15H15F2NO/c1-10-3-5-12(6-4-10)18(2)15-13(16)7-11(9-19)8-14(15)17/h3-8,19H,9H2,1-2H3. The lowest BCUT2D eigenvalue weighted by molar-refractivity contribution is 0.280. The van der Waals surface area contributed by atoms with Crippen molar-refractivity contribution in [3.8, 4) is 0 Å². The molecule has 0 unspecified atom stereocenters. The second-order valence-corrected chi connectivity index (χ2v) is 4.46. The van der Waals surface area contributed by atoms with Crippen molar-refractivity contribution in [2.24, 2.45) is 0 Å². The van der Waals surface area contributed by atoms with Gasteiger partial charge >= 0.3 is 0 Å². The lowest BCUT2D eigenvalue weighted by Gasteiger charge is -2.21. The van der Waals surface area contributed by atoms with E-state index in [4.69, 9.17) is 5.11 Å². The first kappa shape index (κ1) is 13.5. The van der Waals surface area contributed by atoms with Gasteiger partial charge in [0.2, 0.25) is 0 Å². The van der Waals surface area contributed by atoms with E-state index >= 15 is 0 Å². The van der Waals surface area contributed by atoms with Crippen LogP contribution in [0.25, 0.3) is 0 Å². The first-order valence-electron chi connectivity index (χ1n) is 5.92. The van der Waals surface area contributed by atoms with Crippen LogP contribution in [0.15, 0.2) is 36.4 Å². The molecule has 2 rings (SSSR count). The fraction of sp³-hybridized carbons (Fsp3) is 0.200. The van der Waals surface area contributed by atoms with Crippen LogP contribution in [-0.2, 0) is 6.61 Å². The summed E-state index contributed by atoms with van der Waals surface area (Å²) in [6.07, 6.45) is 0. The molecule has 0 bridgehead atoms. The molecule has 0 saturated heterocycles. The number of halogens is 2. The number of anilines is 2. The Balaban J connectivity index is 2.44. The van der Waals surface area contributed by atoms with Crippen LogP contribution in [-0.4, -0.2) is 12.2 Å². The molecule has 1 N–H and O–H groups in total. The molecule has 0 amide bonds. The van der Waals surface area contributed by atoms with Crippen molar-refractivity contribution >= 4 is 11.4 Å². The summed E-state index contributed by atoms with van der Waals surface area (Å²) < 4.78 is 27.8. The molecule has 0 fully saturated rings. The Morgan fingerprint density at radius 1 is 1.05 bits per heavy atom. The fourth-order valence-corrected chi connectivity index (χ4v) is 1.93. The lowest BCUT2D eigenvalue weighted by Crippen LogP contribution is -2.13. The molecular formula is C15H15F2NO. The van der Waals surface area contributed by atoms with Gasteiger partial charge in [0.15, 0.2) is 0 Å². The van der Waals surface area contributed by atoms with Gasteiger partial charge in [-0.15, -0.1) is 0 Å². The predicted octanol–water partition coefficient (Wildman–Crippen LogP) is 3.53. The molecule has 0 aromatic heterocycles. The van der Waals surface area contributed by atoms with Gasteiger partial charge in [-0.25, -0.2) is 8.78 Å². The fourth-order valence-electron chi connectivity index (χ4n) is 1.93. The van der Waals surface area contributed by atoms with Crippen LogP contribution >= 0.6 is 0 Å². The van der Waals surface area contributed by atoms with Crippen LogP contribution in [0.4, 0.5) is 20.2 Å². The molecule has 0 atom stereocenters. The first-order valence-corrected chi connectivity index (χ1v) is 5.92. The number of hydrogen-bond acceptors (Lipinski definition) is 2. The molecule has 2 nitrogen and oxygen atoms in total. The largest absolute Gasteiger partial charge is 0.392 e. The van der Waals surface area contributed by atoms with Gasteiger partial charge in [0.25, 0.3) is 0 Å². The minimum Gasteiger partial charge on any atom is -0.392 e. The molecule has 0 aliphatic heterocycles. The van der Waals surface area contributed by atoms with Crippen molar-refractivity contribution in [1.82, 2.24) is 0 Å². The predicted molar refractivity (Wildman–Crippen MR) is 71.5 cm³/mol. The van der Waals surface area contributed by atoms with Gasteiger partial charge in [0.05, 0.1) is 6.61 Å². The average Bonchev–Trinajstić information content (AvgIpc) is 2.38. The van der Waals surface area contributed by atoms with Crippen molar-refractivity contribution in [1.29, 1.82) is 0 Å². The summed E-state index contributed by atoms with van der Waals surface area (Å²) in [7, 11) is 1.60. The Labute approximate surface area is 110 Å². The Hall–Kier alpha value is -1.94. The van der Waals surface area contributed by atoms with Gasteiger partial charge in [-0.2, -0.15) is 0 Å². The second-order valence-electron chi connectivity index (χ2n) is 4.46. The number of rotatable bonds is 3. The zero-order valence-electron chi connectivity index (χ0n) is 10.8. The quantitative estimate of drug-likeness (QED) is 0.915. The van der Waals surface area contributed by atoms with E-state index in [1.54, 1.807) is 19.2 Å². The van der Waals surface area contributed by atoms with Gasteiger partial charge in [0, 0.05) is 12.7 Å². The molecule has 0 aliphatic carbocycles. The molecule has 2 aromatic rings. The summed E-state index contributed by atoms with van der Waals surface area (Å²) in [5.41, 5.74) is 1.87. The molecule has 19 heavy (non-hydrogen) atoms. The smallest absolute Gasteiger partial charge is 0.150 e. The van der Waals surface area contributed by atoms with E-state index in [-0.39, 0.29) is 17.9 Å². The molecule has 4 heteroatoms. The summed E-state index contributed by atoms with van der Waals surface area (Å²) in [5, 5.41) is 8.92. The molecule has 0 radical (unpaired) electrons. The molecule has 2 aromatic carbocycles. The molecular weight excluding hydrogens is 248 g/mol. The van der Waals surface area contributed by atoms with Crippen LogP contribution in [0.1, 0.15) is 11.1 Å². The number of benzene rings is 2. The number of nitrogens with zero attached hydrogens (tertiary/aromatic N) is 1. The maximum Gasteiger partial charge on any atom is 0.150 e. The summed E-state index contributed by atoms with van der Waals surface area (Å²) in [6, 6.07) is 9.64. The Kier molecular flexibility index (Phi) is 3.81. The van der Waals surface area contributed by atoms with E-state index < -0.39 is 11.6 Å². The average molecular weight is 263 g/mol. The van der Waals surface area contributed by atoms with Crippen molar-refractivity contribution in [2.45, 2.75) is 13.5 Å². The molecule has 0 saturated carbocycles. The highest BCUT2D eigenvalue weighted by Gasteiger charge is 2.16. The zero-order valence-corrected chi connectivity index (χ0v) is 10.8. The highest BCUT2D eigenvalue weighted by molar-refractivity contribution is 5.64. The van der Waals surface area contributed by atoms with Gasteiger partial charge in [0.1, 0.15) is 17.3 Å². The topological polar surface area (TPSA) is 23.5 Å². The Bertz CT molecular complexity index is 558. The van der Waals surface area contributed by atoms with Crippen molar-refractivity contribution in [3.05, 3.63) is 59.2 Å². The number of hydrogen-bond donors (Lipinski definition) is 1. The Morgan fingerprint density at radius 3 is 2.05 bits per heavy atom. The molecule has 100 valence electrons. The summed E-state index contributed by atoms with van der Waals surface area (Å²) >= 11 is 0. The lowest BCUT2D eigenvalue weighted by atomic mass is 10.1. The minimum atomic E-state index is -0.688. The number of aryl methyl sites for hydroxylation is 1. The second kappa shape index (κ2) is 5.36. The summed E-state index contributed by atoms with van der Waals surface area (Å²) in [6.45, 7) is 1.56. The van der Waals surface area contributed by atoms with Gasteiger partial charge in [-0.3, -0.25) is 0 Å². The third-order valence-corrected chi connectivity index (χ3v) is 3.02. The normalized spacial score (nSPS) is 10.6. The van der Waals surface area contributed by atoms with E-state index in [1.165, 1.54) is 4.90 Å². The monoisotopic (exact) mass is 263 g/mol. The van der Waals surface area contributed by atoms with Crippen LogP contribution in [0, 0.1) is 18.6 Å². The van der Waals surface area contributed by atoms with Gasteiger partial charge < -0.3 is 10.0 Å². The van der Waals surface area contributed by atoms with E-state index in [9.17, 15) is 8.78 Å². The maximum atomic E-state index is 13.9. The summed E-state index contributed by atoms with van der Waals surface area (Å²) in [4.78, 5) is 1.45. The third-order valence-electron chi connectivity index (χ3n) is 3.02. The van der Waals surface area contributed by atoms with Crippen molar-refractivity contribution in [3.63, 3.8) is 0 Å². The van der Waals surface area contributed by atoms with Crippen LogP contribution < -0.4 is 4.90 Å². The number of aliphatic hydroxyl groups excluding tert-OH is 1. The van der Waals surface area contributed by atoms with Crippen molar-refractivity contribution in [2.75, 3.05) is 11.9 Å². The van der Waals surface area contributed by atoms with Gasteiger partial charge in [-0.1, -0.05) is 17.7 Å². The first-order chi connectivity index (χ1) is 9.02. The highest BCUT2D eigenvalue weighted by Crippen LogP contribution is 2.30.